The molecule has 3 aromatic heterocycles. The van der Waals surface area contributed by atoms with E-state index in [-0.39, 0.29) is 6.42 Å². The summed E-state index contributed by atoms with van der Waals surface area (Å²) in [5.74, 6) is -8.60. The first-order valence-corrected chi connectivity index (χ1v) is 11.2. The lowest BCUT2D eigenvalue weighted by molar-refractivity contribution is -0.111. The van der Waals surface area contributed by atoms with Gasteiger partial charge in [0.2, 0.25) is 5.91 Å². The molecular formula is C24H20F4N4O3S. The fraction of sp³-hybridized carbons (Fsp3) is 0.208. The summed E-state index contributed by atoms with van der Waals surface area (Å²) in [6, 6.07) is 3.61. The summed E-state index contributed by atoms with van der Waals surface area (Å²) in [6.07, 6.45) is 4.34. The third-order valence-electron chi connectivity index (χ3n) is 5.35. The van der Waals surface area contributed by atoms with Gasteiger partial charge < -0.3 is 14.8 Å². The van der Waals surface area contributed by atoms with Gasteiger partial charge in [-0.05, 0) is 23.6 Å². The number of thiophene rings is 1. The fourth-order valence-corrected chi connectivity index (χ4v) is 4.65. The Morgan fingerprint density at radius 1 is 1.19 bits per heavy atom. The molecule has 12 heteroatoms. The van der Waals surface area contributed by atoms with Crippen LogP contribution in [0.5, 0.6) is 11.5 Å². The first-order chi connectivity index (χ1) is 17.1. The minimum absolute atomic E-state index is 0.196. The van der Waals surface area contributed by atoms with Gasteiger partial charge in [-0.2, -0.15) is 13.9 Å². The molecule has 0 bridgehead atoms. The van der Waals surface area contributed by atoms with E-state index in [2.05, 4.69) is 22.0 Å². The molecule has 0 spiro atoms. The zero-order valence-corrected chi connectivity index (χ0v) is 20.2. The smallest absolute Gasteiger partial charge is 0.313 e. The van der Waals surface area contributed by atoms with Gasteiger partial charge in [0.05, 0.1) is 35.2 Å². The van der Waals surface area contributed by atoms with Crippen LogP contribution in [0.2, 0.25) is 0 Å². The molecule has 0 saturated carbocycles. The van der Waals surface area contributed by atoms with Gasteiger partial charge in [0.15, 0.2) is 23.1 Å². The van der Waals surface area contributed by atoms with Crippen molar-refractivity contribution in [2.45, 2.75) is 12.3 Å². The summed E-state index contributed by atoms with van der Waals surface area (Å²) in [4.78, 5) is 15.4. The Bertz CT molecular complexity index is 1450. The van der Waals surface area contributed by atoms with Crippen molar-refractivity contribution in [1.82, 2.24) is 14.8 Å². The number of halogens is 4. The molecule has 4 rings (SSSR count). The number of fused-ring (bicyclic) bond motifs is 1. The van der Waals surface area contributed by atoms with Crippen molar-refractivity contribution in [3.8, 4) is 11.5 Å². The van der Waals surface area contributed by atoms with E-state index in [0.717, 1.165) is 32.4 Å². The van der Waals surface area contributed by atoms with E-state index in [1.165, 1.54) is 10.9 Å². The minimum Gasteiger partial charge on any atom is -0.494 e. The van der Waals surface area contributed by atoms with Crippen molar-refractivity contribution >= 4 is 33.0 Å². The minimum atomic E-state index is -4.02. The molecule has 0 radical (unpaired) electrons. The molecule has 0 atom stereocenters. The molecule has 0 aliphatic heterocycles. The van der Waals surface area contributed by atoms with Crippen molar-refractivity contribution in [2.75, 3.05) is 19.5 Å². The predicted molar refractivity (Wildman–Crippen MR) is 127 cm³/mol. The normalized spacial score (nSPS) is 11.5. The number of alkyl halides is 2. The topological polar surface area (TPSA) is 78.3 Å². The maximum absolute atomic E-state index is 15.5. The number of methoxy groups -OCH3 is 2. The van der Waals surface area contributed by atoms with Crippen LogP contribution < -0.4 is 14.8 Å². The maximum atomic E-state index is 15.5. The number of carbonyl (C=O) groups excluding carboxylic acids is 1. The quantitative estimate of drug-likeness (QED) is 0.256. The number of nitrogens with zero attached hydrogens (tertiary/aromatic N) is 3. The Balaban J connectivity index is 1.72. The lowest BCUT2D eigenvalue weighted by Crippen LogP contribution is -2.19. The number of anilines is 1. The standard InChI is InChI=1S/C24H20F4N4O3S/c1-5-20(33)30-15-11-32(2)31-14(15)8-13-6-12-7-19(36-18(12)10-29-13)24(27,28)21-22(25)16(34-3)9-17(35-4)23(21)26/h5-7,9-11H,1,8H2,2-4H3,(H,30,33). The largest absolute Gasteiger partial charge is 0.494 e. The zero-order valence-electron chi connectivity index (χ0n) is 19.4. The van der Waals surface area contributed by atoms with Crippen LogP contribution in [0.25, 0.3) is 10.1 Å². The lowest BCUT2D eigenvalue weighted by atomic mass is 10.0. The van der Waals surface area contributed by atoms with Crippen LogP contribution in [-0.2, 0) is 24.2 Å². The van der Waals surface area contributed by atoms with E-state index in [9.17, 15) is 13.6 Å². The number of nitrogens with one attached hydrogen (secondary N) is 1. The van der Waals surface area contributed by atoms with Crippen LogP contribution in [0.3, 0.4) is 0 Å². The zero-order chi connectivity index (χ0) is 26.2. The van der Waals surface area contributed by atoms with Crippen LogP contribution >= 0.6 is 11.3 Å². The van der Waals surface area contributed by atoms with Crippen molar-refractivity contribution in [3.05, 3.63) is 76.7 Å². The molecule has 1 aromatic carbocycles. The highest BCUT2D eigenvalue weighted by Crippen LogP contribution is 2.47. The number of pyridine rings is 1. The SMILES string of the molecule is C=CC(=O)Nc1cn(C)nc1Cc1cc2cc(C(F)(F)c3c(F)c(OC)cc(OC)c3F)sc2cn1. The molecule has 1 N–H and O–H groups in total. The van der Waals surface area contributed by atoms with E-state index in [1.807, 2.05) is 0 Å². The van der Waals surface area contributed by atoms with Gasteiger partial charge in [0.1, 0.15) is 5.56 Å². The van der Waals surface area contributed by atoms with Gasteiger partial charge in [-0.3, -0.25) is 14.5 Å². The predicted octanol–water partition coefficient (Wildman–Crippen LogP) is 5.18. The maximum Gasteiger partial charge on any atom is 0.313 e. The molecule has 0 fully saturated rings. The van der Waals surface area contributed by atoms with Crippen LogP contribution in [0.1, 0.15) is 21.8 Å². The molecule has 1 amide bonds. The Morgan fingerprint density at radius 2 is 1.86 bits per heavy atom. The first-order valence-electron chi connectivity index (χ1n) is 10.4. The molecule has 0 aliphatic carbocycles. The number of hydrogen-bond donors (Lipinski definition) is 1. The second-order valence-electron chi connectivity index (χ2n) is 7.72. The average Bonchev–Trinajstić information content (AvgIpc) is 3.42. The Labute approximate surface area is 207 Å². The number of amides is 1. The molecule has 188 valence electrons. The number of carbonyl (C=O) groups is 1. The highest BCUT2D eigenvalue weighted by molar-refractivity contribution is 7.19. The highest BCUT2D eigenvalue weighted by Gasteiger charge is 2.44. The number of ether oxygens (including phenoxy) is 2. The molecule has 7 nitrogen and oxygen atoms in total. The van der Waals surface area contributed by atoms with E-state index >= 15 is 8.78 Å². The van der Waals surface area contributed by atoms with E-state index in [0.29, 0.717) is 38.5 Å². The molecule has 36 heavy (non-hydrogen) atoms. The Kier molecular flexibility index (Phi) is 6.72. The van der Waals surface area contributed by atoms with Crippen molar-refractivity contribution in [3.63, 3.8) is 0 Å². The molecule has 0 unspecified atom stereocenters. The summed E-state index contributed by atoms with van der Waals surface area (Å²) in [7, 11) is 3.85. The molecule has 3 heterocycles. The van der Waals surface area contributed by atoms with Crippen molar-refractivity contribution in [2.24, 2.45) is 7.05 Å². The summed E-state index contributed by atoms with van der Waals surface area (Å²) in [5.41, 5.74) is -0.00869. The van der Waals surface area contributed by atoms with E-state index in [1.54, 1.807) is 19.3 Å². The number of rotatable bonds is 8. The summed E-state index contributed by atoms with van der Waals surface area (Å²) in [5, 5.41) is 7.37. The van der Waals surface area contributed by atoms with E-state index < -0.39 is 45.4 Å². The summed E-state index contributed by atoms with van der Waals surface area (Å²) < 4.78 is 72.0. The Hall–Kier alpha value is -3.93. The van der Waals surface area contributed by atoms with Gasteiger partial charge in [-0.15, -0.1) is 11.3 Å². The third-order valence-corrected chi connectivity index (χ3v) is 6.51. The summed E-state index contributed by atoms with van der Waals surface area (Å²) in [6.45, 7) is 3.41. The van der Waals surface area contributed by atoms with Crippen LogP contribution in [0, 0.1) is 11.6 Å². The monoisotopic (exact) mass is 520 g/mol. The lowest BCUT2D eigenvalue weighted by Gasteiger charge is -2.19. The average molecular weight is 521 g/mol. The van der Waals surface area contributed by atoms with Gasteiger partial charge in [-0.25, -0.2) is 8.78 Å². The summed E-state index contributed by atoms with van der Waals surface area (Å²) >= 11 is 0.662. The highest BCUT2D eigenvalue weighted by atomic mass is 32.1. The second kappa shape index (κ2) is 9.61. The molecule has 0 aliphatic rings. The number of benzene rings is 1. The Morgan fingerprint density at radius 3 is 2.47 bits per heavy atom. The number of hydrogen-bond acceptors (Lipinski definition) is 6. The third kappa shape index (κ3) is 4.51. The van der Waals surface area contributed by atoms with E-state index in [4.69, 9.17) is 9.47 Å². The van der Waals surface area contributed by atoms with Crippen LogP contribution in [0.15, 0.2) is 43.2 Å². The molecule has 0 saturated heterocycles. The molecular weight excluding hydrogens is 500 g/mol. The van der Waals surface area contributed by atoms with Gasteiger partial charge in [-0.1, -0.05) is 6.58 Å². The van der Waals surface area contributed by atoms with Crippen molar-refractivity contribution in [1.29, 1.82) is 0 Å². The number of aromatic nitrogens is 3. The van der Waals surface area contributed by atoms with Gasteiger partial charge >= 0.3 is 5.92 Å². The number of aryl methyl sites for hydroxylation is 1. The van der Waals surface area contributed by atoms with Crippen LogP contribution in [-0.4, -0.2) is 34.9 Å². The fourth-order valence-electron chi connectivity index (χ4n) is 3.65. The van der Waals surface area contributed by atoms with Gasteiger partial charge in [0.25, 0.3) is 0 Å². The van der Waals surface area contributed by atoms with Crippen LogP contribution in [0.4, 0.5) is 23.2 Å². The van der Waals surface area contributed by atoms with Crippen molar-refractivity contribution < 1.29 is 31.8 Å². The second-order valence-corrected chi connectivity index (χ2v) is 8.80. The molecule has 4 aromatic rings. The first kappa shape index (κ1) is 25.2. The van der Waals surface area contributed by atoms with Gasteiger partial charge in [0, 0.05) is 37.6 Å².